The number of nitrogens with zero attached hydrogens (tertiary/aromatic N) is 1. The highest BCUT2D eigenvalue weighted by Crippen LogP contribution is 2.65. The van der Waals surface area contributed by atoms with Crippen molar-refractivity contribution in [3.8, 4) is 33.4 Å². The smallest absolute Gasteiger partial charge is 0.166 e. The van der Waals surface area contributed by atoms with Crippen LogP contribution in [-0.2, 0) is 5.41 Å². The molecule has 60 heavy (non-hydrogen) atoms. The van der Waals surface area contributed by atoms with Gasteiger partial charge in [-0.05, 0) is 166 Å². The number of carbonyl (C=O) groups is 2. The van der Waals surface area contributed by atoms with Gasteiger partial charge in [-0.15, -0.1) is 0 Å². The van der Waals surface area contributed by atoms with Gasteiger partial charge in [0.25, 0.3) is 0 Å². The van der Waals surface area contributed by atoms with Crippen LogP contribution in [0.5, 0.6) is 0 Å². The van der Waals surface area contributed by atoms with E-state index in [1.54, 1.807) is 0 Å². The normalized spacial score (nSPS) is 22.7. The number of hydrogen-bond acceptors (Lipinski definition) is 2. The fourth-order valence-corrected chi connectivity index (χ4v) is 14.1. The summed E-state index contributed by atoms with van der Waals surface area (Å²) in [5.74, 6) is 1.77. The van der Waals surface area contributed by atoms with Crippen LogP contribution >= 0.6 is 0 Å². The van der Waals surface area contributed by atoms with Crippen LogP contribution in [0, 0.1) is 11.8 Å². The van der Waals surface area contributed by atoms with Gasteiger partial charge in [-0.25, -0.2) is 0 Å². The van der Waals surface area contributed by atoms with Gasteiger partial charge >= 0.3 is 0 Å². The average molecular weight is 772 g/mol. The number of carbonyl (C=O) groups excluding carboxylic acids is 2. The van der Waals surface area contributed by atoms with Crippen LogP contribution in [-0.4, -0.2) is 16.0 Å². The van der Waals surface area contributed by atoms with Crippen molar-refractivity contribution in [3.05, 3.63) is 172 Å². The van der Waals surface area contributed by atoms with Crippen LogP contribution < -0.4 is 0 Å². The Kier molecular flexibility index (Phi) is 6.01. The summed E-state index contributed by atoms with van der Waals surface area (Å²) in [6.45, 7) is 0. The molecule has 2 heterocycles. The maximum absolute atomic E-state index is 14.2. The minimum Gasteiger partial charge on any atom is -0.308 e. The maximum Gasteiger partial charge on any atom is 0.166 e. The summed E-state index contributed by atoms with van der Waals surface area (Å²) in [5, 5.41) is 4.92. The molecule has 3 heteroatoms. The predicted octanol–water partition coefficient (Wildman–Crippen LogP) is 13.8. The van der Waals surface area contributed by atoms with Gasteiger partial charge in [-0.3, -0.25) is 9.59 Å². The molecule has 8 aliphatic carbocycles. The molecule has 2 saturated carbocycles. The number of Topliss-reactive ketones (excluding diaryl/α,β-unsaturated/α-hetero) is 2. The molecule has 4 bridgehead atoms. The molecule has 2 fully saturated rings. The van der Waals surface area contributed by atoms with E-state index in [2.05, 4.69) is 132 Å². The summed E-state index contributed by atoms with van der Waals surface area (Å²) in [7, 11) is 0. The van der Waals surface area contributed by atoms with Gasteiger partial charge in [0.2, 0.25) is 0 Å². The molecule has 7 aromatic carbocycles. The van der Waals surface area contributed by atoms with Crippen molar-refractivity contribution >= 4 is 49.7 Å². The number of benzene rings is 7. The zero-order valence-electron chi connectivity index (χ0n) is 33.4. The van der Waals surface area contributed by atoms with E-state index in [-0.39, 0.29) is 11.8 Å². The standard InChI is InChI=1S/C57H41NO2/c59-55-32-20-16-30(17-21-32)40-26-42-44-24-34(25-45-43-27-41-31-18-22-33(23-19-31)56(60)47(41)29-52(43)58(54(44)45)51(42)28-46(40)55)35-11-7-12-39-38-10-3-6-15-50(38)57(53(35)39)48-13-4-1-8-36(48)37-9-2-5-14-49(37)57/h1-15,24-33H,16-23H2. The van der Waals surface area contributed by atoms with Crippen molar-refractivity contribution in [2.45, 2.75) is 68.6 Å². The van der Waals surface area contributed by atoms with Gasteiger partial charge in [-0.1, -0.05) is 91.0 Å². The number of rotatable bonds is 1. The van der Waals surface area contributed by atoms with E-state index in [9.17, 15) is 9.59 Å². The van der Waals surface area contributed by atoms with Gasteiger partial charge in [-0.2, -0.15) is 0 Å². The van der Waals surface area contributed by atoms with Crippen LogP contribution in [0.2, 0.25) is 0 Å². The first kappa shape index (κ1) is 32.5. The molecular formula is C57H41NO2. The molecule has 0 radical (unpaired) electrons. The van der Waals surface area contributed by atoms with Crippen molar-refractivity contribution in [1.82, 2.24) is 4.40 Å². The molecule has 1 spiro atoms. The summed E-state index contributed by atoms with van der Waals surface area (Å²) < 4.78 is 2.44. The quantitative estimate of drug-likeness (QED) is 0.167. The highest BCUT2D eigenvalue weighted by molar-refractivity contribution is 6.26. The van der Waals surface area contributed by atoms with Crippen LogP contribution in [0.15, 0.2) is 127 Å². The highest BCUT2D eigenvalue weighted by atomic mass is 16.1. The first-order valence-electron chi connectivity index (χ1n) is 22.4. The van der Waals surface area contributed by atoms with Gasteiger partial charge < -0.3 is 4.40 Å². The monoisotopic (exact) mass is 771 g/mol. The van der Waals surface area contributed by atoms with E-state index >= 15 is 0 Å². The van der Waals surface area contributed by atoms with Crippen molar-refractivity contribution in [1.29, 1.82) is 0 Å². The Morgan fingerprint density at radius 2 is 0.817 bits per heavy atom. The van der Waals surface area contributed by atoms with Crippen molar-refractivity contribution in [2.75, 3.05) is 0 Å². The second kappa shape index (κ2) is 11.1. The van der Waals surface area contributed by atoms with Gasteiger partial charge in [0, 0.05) is 44.5 Å². The zero-order valence-corrected chi connectivity index (χ0v) is 33.4. The lowest BCUT2D eigenvalue weighted by Gasteiger charge is -2.32. The fraction of sp³-hybridized carbons (Fsp3) is 0.228. The molecule has 0 N–H and O–H groups in total. The van der Waals surface area contributed by atoms with Gasteiger partial charge in [0.05, 0.1) is 22.0 Å². The number of hydrogen-bond donors (Lipinski definition) is 0. The summed E-state index contributed by atoms with van der Waals surface area (Å²) in [4.78, 5) is 28.5. The van der Waals surface area contributed by atoms with E-state index < -0.39 is 5.41 Å². The van der Waals surface area contributed by atoms with Gasteiger partial charge in [0.15, 0.2) is 11.6 Å². The Bertz CT molecular complexity index is 3260. The second-order valence-corrected chi connectivity index (χ2v) is 19.1. The number of ketones is 2. The Morgan fingerprint density at radius 1 is 0.400 bits per heavy atom. The van der Waals surface area contributed by atoms with E-state index in [4.69, 9.17) is 0 Å². The lowest BCUT2D eigenvalue weighted by Crippen LogP contribution is -2.26. The molecule has 0 unspecified atom stereocenters. The third-order valence-corrected chi connectivity index (χ3v) is 16.7. The maximum atomic E-state index is 14.2. The number of fused-ring (bicyclic) bond motifs is 20. The minimum atomic E-state index is -0.468. The second-order valence-electron chi connectivity index (χ2n) is 19.1. The summed E-state index contributed by atoms with van der Waals surface area (Å²) in [5.41, 5.74) is 20.4. The summed E-state index contributed by atoms with van der Waals surface area (Å²) >= 11 is 0. The van der Waals surface area contributed by atoms with Gasteiger partial charge in [0.1, 0.15) is 0 Å². The highest BCUT2D eigenvalue weighted by Gasteiger charge is 2.52. The van der Waals surface area contributed by atoms with E-state index in [1.807, 2.05) is 0 Å². The van der Waals surface area contributed by atoms with Crippen molar-refractivity contribution in [2.24, 2.45) is 11.8 Å². The minimum absolute atomic E-state index is 0.128. The van der Waals surface area contributed by atoms with Crippen LogP contribution in [0.4, 0.5) is 0 Å². The van der Waals surface area contributed by atoms with E-state index in [0.29, 0.717) is 23.4 Å². The third kappa shape index (κ3) is 3.73. The largest absolute Gasteiger partial charge is 0.308 e. The molecule has 0 amide bonds. The van der Waals surface area contributed by atoms with E-state index in [1.165, 1.54) is 93.8 Å². The van der Waals surface area contributed by atoms with Crippen LogP contribution in [0.3, 0.4) is 0 Å². The average Bonchev–Trinajstić information content (AvgIpc) is 3.90. The number of aromatic nitrogens is 1. The first-order valence-corrected chi connectivity index (χ1v) is 22.4. The van der Waals surface area contributed by atoms with Crippen molar-refractivity contribution < 1.29 is 9.59 Å². The lowest BCUT2D eigenvalue weighted by molar-refractivity contribution is 0.0891. The molecule has 9 aromatic rings. The zero-order chi connectivity index (χ0) is 39.2. The third-order valence-electron chi connectivity index (χ3n) is 16.7. The molecular weight excluding hydrogens is 731 g/mol. The SMILES string of the molecule is O=C1c2cc3c(cc2C2CCC1CC2)c1cc(-c2cccc4c2C2(c5ccccc5-c5ccccc52)c2ccccc2-4)cc2c4cc5c(cc4n3c12)C(=O)C1CCC5CC1. The van der Waals surface area contributed by atoms with Crippen LogP contribution in [0.1, 0.15) is 117 Å². The van der Waals surface area contributed by atoms with Crippen molar-refractivity contribution in [3.63, 3.8) is 0 Å². The van der Waals surface area contributed by atoms with Crippen LogP contribution in [0.25, 0.3) is 71.5 Å². The Labute approximate surface area is 348 Å². The molecule has 0 saturated heterocycles. The molecule has 0 aliphatic heterocycles. The molecule has 8 aliphatic rings. The molecule has 17 rings (SSSR count). The first-order chi connectivity index (χ1) is 29.6. The summed E-state index contributed by atoms with van der Waals surface area (Å²) in [6.07, 6.45) is 8.32. The molecule has 2 aromatic heterocycles. The Balaban J connectivity index is 1.09. The van der Waals surface area contributed by atoms with E-state index in [0.717, 1.165) is 73.5 Å². The Hall–Kier alpha value is -6.32. The molecule has 3 nitrogen and oxygen atoms in total. The predicted molar refractivity (Wildman–Crippen MR) is 241 cm³/mol. The topological polar surface area (TPSA) is 38.5 Å². The lowest BCUT2D eigenvalue weighted by atomic mass is 9.68. The summed E-state index contributed by atoms with van der Waals surface area (Å²) in [6, 6.07) is 48.6. The molecule has 0 atom stereocenters. The fourth-order valence-electron chi connectivity index (χ4n) is 14.1. The Morgan fingerprint density at radius 3 is 1.32 bits per heavy atom. The molecule has 286 valence electrons.